The van der Waals surface area contributed by atoms with E-state index >= 15 is 0 Å². The number of halogens is 4. The van der Waals surface area contributed by atoms with Gasteiger partial charge in [0.15, 0.2) is 34.6 Å². The molecule has 0 bridgehead atoms. The number of benzene rings is 2. The van der Waals surface area contributed by atoms with Crippen LogP contribution in [0.25, 0.3) is 11.3 Å². The molecule has 262 valence electrons. The molecule has 2 aromatic carbocycles. The number of hydrogen-bond donors (Lipinski definition) is 4. The van der Waals surface area contributed by atoms with Gasteiger partial charge >= 0.3 is 22.3 Å². The van der Waals surface area contributed by atoms with Crippen molar-refractivity contribution in [2.75, 3.05) is 39.0 Å². The van der Waals surface area contributed by atoms with E-state index in [0.29, 0.717) is 6.61 Å². The number of carboxylic acid groups (broad SMARTS) is 1. The molecule has 0 aliphatic carbocycles. The fourth-order valence-corrected chi connectivity index (χ4v) is 4.75. The lowest BCUT2D eigenvalue weighted by Gasteiger charge is -2.12. The zero-order valence-corrected chi connectivity index (χ0v) is 28.0. The number of para-hydroxylation sites is 2. The summed E-state index contributed by atoms with van der Waals surface area (Å²) < 4.78 is 79.1. The predicted molar refractivity (Wildman–Crippen MR) is 172 cm³/mol. The number of pyridine rings is 1. The van der Waals surface area contributed by atoms with Crippen LogP contribution in [0.2, 0.25) is 10.0 Å². The lowest BCUT2D eigenvalue weighted by Crippen LogP contribution is -2.37. The van der Waals surface area contributed by atoms with Gasteiger partial charge in [0.1, 0.15) is 5.69 Å². The predicted octanol–water partition coefficient (Wildman–Crippen LogP) is 4.96. The first-order valence-electron chi connectivity index (χ1n) is 13.3. The van der Waals surface area contributed by atoms with Gasteiger partial charge in [0.25, 0.3) is 0 Å². The molecule has 21 heteroatoms. The number of nitrogens with one attached hydrogen (secondary N) is 2. The Bertz CT molecular complexity index is 1950. The summed E-state index contributed by atoms with van der Waals surface area (Å²) in [7, 11) is -0.587. The van der Waals surface area contributed by atoms with Crippen LogP contribution >= 0.6 is 23.2 Å². The number of aromatic nitrogens is 3. The summed E-state index contributed by atoms with van der Waals surface area (Å²) >= 11 is 11.4. The van der Waals surface area contributed by atoms with E-state index in [2.05, 4.69) is 20.3 Å². The van der Waals surface area contributed by atoms with Gasteiger partial charge in [-0.25, -0.2) is 28.1 Å². The van der Waals surface area contributed by atoms with Gasteiger partial charge in [-0.2, -0.15) is 18.4 Å². The molecule has 5 N–H and O–H groups in total. The highest BCUT2D eigenvalue weighted by Gasteiger charge is 2.25. The van der Waals surface area contributed by atoms with Gasteiger partial charge in [-0.15, -0.1) is 0 Å². The van der Waals surface area contributed by atoms with E-state index in [0.717, 1.165) is 6.07 Å². The molecule has 4 aromatic rings. The molecule has 0 aliphatic rings. The van der Waals surface area contributed by atoms with Gasteiger partial charge in [-0.05, 0) is 31.2 Å². The highest BCUT2D eigenvalue weighted by Crippen LogP contribution is 2.38. The van der Waals surface area contributed by atoms with Crippen molar-refractivity contribution < 1.29 is 55.0 Å². The van der Waals surface area contributed by atoms with Crippen LogP contribution in [0.3, 0.4) is 0 Å². The molecular formula is C28H26Cl2F2N6O10S. The van der Waals surface area contributed by atoms with Crippen LogP contribution in [0.4, 0.5) is 25.2 Å². The Morgan fingerprint density at radius 2 is 1.55 bits per heavy atom. The Hall–Kier alpha value is -5.40. The van der Waals surface area contributed by atoms with Gasteiger partial charge in [-0.1, -0.05) is 35.3 Å². The third-order valence-corrected chi connectivity index (χ3v) is 7.23. The van der Waals surface area contributed by atoms with Crippen LogP contribution < -0.4 is 38.9 Å². The third kappa shape index (κ3) is 9.58. The Morgan fingerprint density at radius 1 is 0.939 bits per heavy atom. The number of nitrogens with two attached hydrogens (primary N) is 1. The van der Waals surface area contributed by atoms with Crippen LogP contribution in [-0.2, 0) is 10.3 Å². The summed E-state index contributed by atoms with van der Waals surface area (Å²) in [5, 5.41) is 10.6. The summed E-state index contributed by atoms with van der Waals surface area (Å²) in [6.45, 7) is 2.04. The Morgan fingerprint density at radius 3 is 2.10 bits per heavy atom. The quantitative estimate of drug-likeness (QED) is 0.159. The molecule has 49 heavy (non-hydrogen) atoms. The maximum absolute atomic E-state index is 14.3. The number of carbonyl (C=O) groups is 2. The van der Waals surface area contributed by atoms with Crippen molar-refractivity contribution >= 4 is 57.1 Å². The number of hydrogen-bond acceptors (Lipinski definition) is 13. The average molecular weight is 748 g/mol. The van der Waals surface area contributed by atoms with E-state index < -0.39 is 56.0 Å². The second-order valence-electron chi connectivity index (χ2n) is 8.85. The zero-order valence-electron chi connectivity index (χ0n) is 25.7. The van der Waals surface area contributed by atoms with Crippen LogP contribution in [-0.4, -0.2) is 68.4 Å². The van der Waals surface area contributed by atoms with Gasteiger partial charge < -0.3 is 34.0 Å². The molecule has 0 spiro atoms. The molecule has 0 saturated carbocycles. The maximum atomic E-state index is 14.3. The Labute approximate surface area is 287 Å². The van der Waals surface area contributed by atoms with E-state index in [1.807, 2.05) is 0 Å². The van der Waals surface area contributed by atoms with Crippen LogP contribution in [0.1, 0.15) is 17.4 Å². The van der Waals surface area contributed by atoms with Crippen molar-refractivity contribution in [1.82, 2.24) is 19.7 Å². The number of methoxy groups -OCH3 is 3. The number of ether oxygens (including phenoxy) is 4. The number of urea groups is 1. The summed E-state index contributed by atoms with van der Waals surface area (Å²) in [5.41, 5.74) is 3.13. The molecule has 0 aliphatic heterocycles. The largest absolute Gasteiger partial charge is 0.492 e. The second-order valence-corrected chi connectivity index (χ2v) is 10.9. The van der Waals surface area contributed by atoms with Gasteiger partial charge in [0.05, 0.1) is 49.7 Å². The second kappa shape index (κ2) is 16.6. The molecular weight excluding hydrogens is 721 g/mol. The summed E-state index contributed by atoms with van der Waals surface area (Å²) in [4.78, 5) is 34.3. The first kappa shape index (κ1) is 38.1. The van der Waals surface area contributed by atoms with E-state index in [1.54, 1.807) is 23.8 Å². The van der Waals surface area contributed by atoms with Crippen LogP contribution in [0, 0.1) is 11.6 Å². The fourth-order valence-electron chi connectivity index (χ4n) is 3.63. The molecule has 4 rings (SSSR count). The summed E-state index contributed by atoms with van der Waals surface area (Å²) in [5.74, 6) is -3.86. The van der Waals surface area contributed by atoms with Gasteiger partial charge in [0, 0.05) is 5.56 Å². The smallest absolute Gasteiger partial charge is 0.411 e. The minimum absolute atomic E-state index is 0.0375. The zero-order chi connectivity index (χ0) is 36.5. The standard InChI is InChI=1S/C15H18N4O7S.C13H8Cl2F2N2O3/c1-4-25-10-7-5-6-8-11(10)26-27(21,22)19-15(20)18-14-16-12(23-2)9-13(17-14)24-3;1-22-12-5(14)3-2-4(7(12)16)10-8(17)9(18)6(15)11(19-10)13(20)21/h5-9H,4H2,1-3H3,(H2,16,17,18,19,20);2-3H,1H3,(H2,18,19)(H,20,21). The topological polar surface area (TPSA) is 223 Å². The van der Waals surface area contributed by atoms with Crippen molar-refractivity contribution in [3.8, 4) is 40.3 Å². The fraction of sp³-hybridized carbons (Fsp3) is 0.179. The van der Waals surface area contributed by atoms with Gasteiger partial charge in [-0.3, -0.25) is 5.32 Å². The number of amides is 2. The van der Waals surface area contributed by atoms with Gasteiger partial charge in [0.2, 0.25) is 17.7 Å². The molecule has 2 aromatic heterocycles. The molecule has 0 fully saturated rings. The number of nitrogen functional groups attached to an aromatic ring is 1. The molecule has 0 unspecified atom stereocenters. The molecule has 0 saturated heterocycles. The maximum Gasteiger partial charge on any atom is 0.411 e. The Kier molecular flexibility index (Phi) is 12.9. The first-order valence-corrected chi connectivity index (χ1v) is 15.4. The SMILES string of the molecule is CCOc1ccccc1OS(=O)(=O)NC(=O)Nc1nc(OC)cc(OC)n1.COc1c(Cl)ccc(-c2nc(C(=O)O)c(Cl)c(N)c2F)c1F. The van der Waals surface area contributed by atoms with Crippen molar-refractivity contribution in [2.45, 2.75) is 6.92 Å². The van der Waals surface area contributed by atoms with E-state index in [4.69, 9.17) is 57.2 Å². The molecule has 0 radical (unpaired) electrons. The number of nitrogens with zero attached hydrogens (tertiary/aromatic N) is 3. The first-order chi connectivity index (χ1) is 23.2. The molecule has 0 atom stereocenters. The lowest BCUT2D eigenvalue weighted by molar-refractivity contribution is 0.0690. The summed E-state index contributed by atoms with van der Waals surface area (Å²) in [6, 6.07) is 8.76. The minimum atomic E-state index is -4.49. The van der Waals surface area contributed by atoms with Crippen molar-refractivity contribution in [3.63, 3.8) is 0 Å². The minimum Gasteiger partial charge on any atom is -0.492 e. The van der Waals surface area contributed by atoms with Crippen molar-refractivity contribution in [3.05, 3.63) is 69.8 Å². The van der Waals surface area contributed by atoms with E-state index in [1.165, 1.54) is 45.6 Å². The number of aromatic carboxylic acids is 1. The number of rotatable bonds is 11. The number of carboxylic acids is 1. The molecule has 2 heterocycles. The Balaban J connectivity index is 0.000000271. The van der Waals surface area contributed by atoms with Crippen molar-refractivity contribution in [2.24, 2.45) is 0 Å². The summed E-state index contributed by atoms with van der Waals surface area (Å²) in [6.07, 6.45) is 0. The third-order valence-electron chi connectivity index (χ3n) is 5.71. The number of carbonyl (C=O) groups excluding carboxylic acids is 1. The molecule has 16 nitrogen and oxygen atoms in total. The number of anilines is 2. The van der Waals surface area contributed by atoms with Crippen LogP contribution in [0.15, 0.2) is 42.5 Å². The highest BCUT2D eigenvalue weighted by atomic mass is 35.5. The molecule has 2 amide bonds. The lowest BCUT2D eigenvalue weighted by atomic mass is 10.1. The normalized spacial score (nSPS) is 10.6. The van der Waals surface area contributed by atoms with Crippen LogP contribution in [0.5, 0.6) is 29.0 Å². The monoisotopic (exact) mass is 746 g/mol. The van der Waals surface area contributed by atoms with E-state index in [-0.39, 0.29) is 45.5 Å². The highest BCUT2D eigenvalue weighted by molar-refractivity contribution is 7.85. The van der Waals surface area contributed by atoms with Crippen molar-refractivity contribution in [1.29, 1.82) is 0 Å². The van der Waals surface area contributed by atoms with E-state index in [9.17, 15) is 26.8 Å². The average Bonchev–Trinajstić information content (AvgIpc) is 3.05.